The number of aliphatic carboxylic acids is 1. The molecular formula is C13H13Cl2NO4. The lowest BCUT2D eigenvalue weighted by atomic mass is 10.1. The lowest BCUT2D eigenvalue weighted by molar-refractivity contribution is -0.142. The Balaban J connectivity index is 3.04. The first-order chi connectivity index (χ1) is 9.38. The number of carbonyl (C=O) groups excluding carboxylic acids is 1. The van der Waals surface area contributed by atoms with E-state index in [9.17, 15) is 14.7 Å². The zero-order valence-corrected chi connectivity index (χ0v) is 12.2. The van der Waals surface area contributed by atoms with Crippen molar-refractivity contribution >= 4 is 35.3 Å². The van der Waals surface area contributed by atoms with Crippen molar-refractivity contribution in [1.29, 1.82) is 0 Å². The highest BCUT2D eigenvalue weighted by Gasteiger charge is 2.29. The number of carbonyl (C=O) groups is 2. The maximum absolute atomic E-state index is 11.7. The molecule has 0 aliphatic rings. The van der Waals surface area contributed by atoms with Gasteiger partial charge in [-0.25, -0.2) is 9.59 Å². The van der Waals surface area contributed by atoms with Crippen molar-refractivity contribution in [3.63, 3.8) is 0 Å². The Hall–Kier alpha value is -1.72. The third-order valence-corrected chi connectivity index (χ3v) is 3.23. The molecule has 0 heterocycles. The Bertz CT molecular complexity index is 533. The van der Waals surface area contributed by atoms with Gasteiger partial charge in [0.2, 0.25) is 0 Å². The molecule has 5 nitrogen and oxygen atoms in total. The lowest BCUT2D eigenvalue weighted by Crippen LogP contribution is -2.36. The number of carboxylic acid groups (broad SMARTS) is 1. The number of benzene rings is 1. The molecule has 1 amide bonds. The predicted molar refractivity (Wildman–Crippen MR) is 76.1 cm³/mol. The number of hydrogen-bond donors (Lipinski definition) is 1. The van der Waals surface area contributed by atoms with Gasteiger partial charge in [-0.2, -0.15) is 0 Å². The van der Waals surface area contributed by atoms with Crippen molar-refractivity contribution in [3.05, 3.63) is 46.5 Å². The molecule has 1 aromatic carbocycles. The highest BCUT2D eigenvalue weighted by Crippen LogP contribution is 2.28. The first kappa shape index (κ1) is 16.3. The van der Waals surface area contributed by atoms with E-state index in [1.165, 1.54) is 31.3 Å². The molecule has 1 aromatic rings. The minimum atomic E-state index is -1.22. The first-order valence-corrected chi connectivity index (χ1v) is 6.32. The average Bonchev–Trinajstić information content (AvgIpc) is 2.39. The normalized spacial score (nSPS) is 11.6. The van der Waals surface area contributed by atoms with Crippen molar-refractivity contribution < 1.29 is 19.4 Å². The fourth-order valence-electron chi connectivity index (χ4n) is 1.55. The van der Waals surface area contributed by atoms with Gasteiger partial charge in [0.15, 0.2) is 6.04 Å². The summed E-state index contributed by atoms with van der Waals surface area (Å²) in [6.07, 6.45) is 0.615. The fraction of sp³-hybridized carbons (Fsp3) is 0.231. The van der Waals surface area contributed by atoms with Crippen LogP contribution in [0.4, 0.5) is 4.79 Å². The zero-order chi connectivity index (χ0) is 15.3. The largest absolute Gasteiger partial charge is 0.479 e. The molecule has 1 N–H and O–H groups in total. The molecule has 0 bridgehead atoms. The van der Waals surface area contributed by atoms with Crippen molar-refractivity contribution in [2.45, 2.75) is 6.04 Å². The standard InChI is InChI=1S/C13H13Cl2NO4/c1-3-6-20-13(19)16(2)11(12(17)18)8-4-5-9(14)10(15)7-8/h3-5,7,11H,1,6H2,2H3,(H,17,18). The van der Waals surface area contributed by atoms with Crippen LogP contribution in [0.1, 0.15) is 11.6 Å². The number of amides is 1. The summed E-state index contributed by atoms with van der Waals surface area (Å²) in [5, 5.41) is 9.80. The lowest BCUT2D eigenvalue weighted by Gasteiger charge is -2.24. The first-order valence-electron chi connectivity index (χ1n) is 5.56. The third kappa shape index (κ3) is 3.88. The van der Waals surface area contributed by atoms with Crippen LogP contribution in [0.15, 0.2) is 30.9 Å². The van der Waals surface area contributed by atoms with Gasteiger partial charge in [0.1, 0.15) is 6.61 Å². The van der Waals surface area contributed by atoms with Gasteiger partial charge in [-0.1, -0.05) is 41.9 Å². The van der Waals surface area contributed by atoms with Gasteiger partial charge in [-0.3, -0.25) is 4.90 Å². The van der Waals surface area contributed by atoms with E-state index < -0.39 is 18.1 Å². The van der Waals surface area contributed by atoms with Crippen LogP contribution in [0.2, 0.25) is 10.0 Å². The molecule has 1 rings (SSSR count). The minimum Gasteiger partial charge on any atom is -0.479 e. The molecule has 0 radical (unpaired) electrons. The van der Waals surface area contributed by atoms with E-state index in [1.807, 2.05) is 0 Å². The van der Waals surface area contributed by atoms with Crippen molar-refractivity contribution in [1.82, 2.24) is 4.90 Å². The molecule has 0 spiro atoms. The van der Waals surface area contributed by atoms with Gasteiger partial charge in [0, 0.05) is 7.05 Å². The highest BCUT2D eigenvalue weighted by molar-refractivity contribution is 6.42. The molecule has 7 heteroatoms. The maximum Gasteiger partial charge on any atom is 0.410 e. The second-order valence-corrected chi connectivity index (χ2v) is 4.71. The van der Waals surface area contributed by atoms with E-state index >= 15 is 0 Å². The van der Waals surface area contributed by atoms with E-state index in [0.717, 1.165) is 4.90 Å². The second kappa shape index (κ2) is 7.17. The van der Waals surface area contributed by atoms with Gasteiger partial charge in [0.25, 0.3) is 0 Å². The van der Waals surface area contributed by atoms with Gasteiger partial charge in [-0.15, -0.1) is 0 Å². The summed E-state index contributed by atoms with van der Waals surface area (Å²) >= 11 is 11.6. The molecule has 1 atom stereocenters. The SMILES string of the molecule is C=CCOC(=O)N(C)C(C(=O)O)c1ccc(Cl)c(Cl)c1. The molecule has 108 valence electrons. The molecule has 0 fully saturated rings. The Morgan fingerprint density at radius 1 is 1.45 bits per heavy atom. The molecule has 0 saturated carbocycles. The second-order valence-electron chi connectivity index (χ2n) is 3.89. The zero-order valence-electron chi connectivity index (χ0n) is 10.7. The van der Waals surface area contributed by atoms with Crippen LogP contribution in [0, 0.1) is 0 Å². The summed E-state index contributed by atoms with van der Waals surface area (Å²) < 4.78 is 4.81. The van der Waals surface area contributed by atoms with Crippen LogP contribution < -0.4 is 0 Å². The third-order valence-electron chi connectivity index (χ3n) is 2.49. The molecule has 0 aliphatic heterocycles. The number of halogens is 2. The number of hydrogen-bond acceptors (Lipinski definition) is 3. The average molecular weight is 318 g/mol. The van der Waals surface area contributed by atoms with Crippen LogP contribution in [-0.4, -0.2) is 35.7 Å². The summed E-state index contributed by atoms with van der Waals surface area (Å²) in [6, 6.07) is 3.14. The van der Waals surface area contributed by atoms with Crippen molar-refractivity contribution in [2.24, 2.45) is 0 Å². The van der Waals surface area contributed by atoms with Crippen LogP contribution >= 0.6 is 23.2 Å². The van der Waals surface area contributed by atoms with E-state index in [0.29, 0.717) is 10.6 Å². The number of carboxylic acids is 1. The van der Waals surface area contributed by atoms with Crippen molar-refractivity contribution in [2.75, 3.05) is 13.7 Å². The van der Waals surface area contributed by atoms with E-state index in [4.69, 9.17) is 27.9 Å². The molecule has 0 saturated heterocycles. The number of likely N-dealkylation sites (N-methyl/N-ethyl adjacent to an activating group) is 1. The van der Waals surface area contributed by atoms with E-state index in [2.05, 4.69) is 6.58 Å². The number of ether oxygens (including phenoxy) is 1. The predicted octanol–water partition coefficient (Wildman–Crippen LogP) is 3.37. The Kier molecular flexibility index (Phi) is 5.85. The molecule has 20 heavy (non-hydrogen) atoms. The van der Waals surface area contributed by atoms with Gasteiger partial charge in [-0.05, 0) is 17.7 Å². The minimum absolute atomic E-state index is 0.00309. The maximum atomic E-state index is 11.7. The smallest absolute Gasteiger partial charge is 0.410 e. The van der Waals surface area contributed by atoms with Gasteiger partial charge in [0.05, 0.1) is 10.0 Å². The quantitative estimate of drug-likeness (QED) is 0.845. The molecule has 0 aromatic heterocycles. The van der Waals surface area contributed by atoms with E-state index in [1.54, 1.807) is 0 Å². The molecule has 1 unspecified atom stereocenters. The fourth-order valence-corrected chi connectivity index (χ4v) is 1.86. The van der Waals surface area contributed by atoms with Gasteiger partial charge >= 0.3 is 12.1 Å². The van der Waals surface area contributed by atoms with Crippen LogP contribution in [0.5, 0.6) is 0 Å². The monoisotopic (exact) mass is 317 g/mol. The summed E-state index contributed by atoms with van der Waals surface area (Å²) in [6.45, 7) is 3.40. The topological polar surface area (TPSA) is 66.8 Å². The summed E-state index contributed by atoms with van der Waals surface area (Å²) in [5.74, 6) is -1.21. The van der Waals surface area contributed by atoms with Crippen LogP contribution in [0.25, 0.3) is 0 Å². The van der Waals surface area contributed by atoms with Crippen LogP contribution in [0.3, 0.4) is 0 Å². The molecular weight excluding hydrogens is 305 g/mol. The van der Waals surface area contributed by atoms with Gasteiger partial charge < -0.3 is 9.84 Å². The molecule has 0 aliphatic carbocycles. The Morgan fingerprint density at radius 3 is 2.60 bits per heavy atom. The van der Waals surface area contributed by atoms with Crippen LogP contribution in [-0.2, 0) is 9.53 Å². The summed E-state index contributed by atoms with van der Waals surface area (Å²) in [5.41, 5.74) is 0.324. The highest BCUT2D eigenvalue weighted by atomic mass is 35.5. The van der Waals surface area contributed by atoms with E-state index in [-0.39, 0.29) is 11.6 Å². The summed E-state index contributed by atoms with van der Waals surface area (Å²) in [4.78, 5) is 24.0. The Labute approximate surface area is 126 Å². The number of nitrogens with zero attached hydrogens (tertiary/aromatic N) is 1. The number of rotatable bonds is 5. The summed E-state index contributed by atoms with van der Waals surface area (Å²) in [7, 11) is 1.33. The Morgan fingerprint density at radius 2 is 2.10 bits per heavy atom. The van der Waals surface area contributed by atoms with Crippen molar-refractivity contribution in [3.8, 4) is 0 Å².